The Morgan fingerprint density at radius 3 is 2.30 bits per heavy atom. The molecule has 0 atom stereocenters. The van der Waals surface area contributed by atoms with Gasteiger partial charge in [0.2, 0.25) is 5.91 Å². The van der Waals surface area contributed by atoms with E-state index in [0.717, 1.165) is 24.8 Å². The third-order valence-electron chi connectivity index (χ3n) is 4.76. The Labute approximate surface area is 118 Å². The van der Waals surface area contributed by atoms with E-state index in [4.69, 9.17) is 0 Å². The first kappa shape index (κ1) is 13.6. The van der Waals surface area contributed by atoms with Crippen molar-refractivity contribution in [1.29, 1.82) is 0 Å². The van der Waals surface area contributed by atoms with E-state index < -0.39 is 5.41 Å². The average molecular weight is 277 g/mol. The molecule has 1 aromatic rings. The highest BCUT2D eigenvalue weighted by atomic mass is 19.1. The number of aliphatic hydroxyl groups is 1. The van der Waals surface area contributed by atoms with Gasteiger partial charge in [-0.05, 0) is 43.4 Å². The van der Waals surface area contributed by atoms with E-state index >= 15 is 0 Å². The summed E-state index contributed by atoms with van der Waals surface area (Å²) in [5.74, 6) is -0.112. The molecule has 0 radical (unpaired) electrons. The Balaban J connectivity index is 1.81. The van der Waals surface area contributed by atoms with E-state index in [1.165, 1.54) is 12.1 Å². The third-order valence-corrected chi connectivity index (χ3v) is 4.76. The Hall–Kier alpha value is -1.42. The second-order valence-corrected chi connectivity index (χ2v) is 5.97. The van der Waals surface area contributed by atoms with E-state index in [-0.39, 0.29) is 17.8 Å². The maximum absolute atomic E-state index is 13.1. The number of aliphatic hydroxyl groups excluding tert-OH is 1. The third kappa shape index (κ3) is 2.22. The molecule has 3 nitrogen and oxygen atoms in total. The second-order valence-electron chi connectivity index (χ2n) is 5.97. The molecule has 1 saturated heterocycles. The van der Waals surface area contributed by atoms with Crippen molar-refractivity contribution >= 4 is 5.91 Å². The summed E-state index contributed by atoms with van der Waals surface area (Å²) in [7, 11) is 0. The fraction of sp³-hybridized carbons (Fsp3) is 0.562. The lowest BCUT2D eigenvalue weighted by Crippen LogP contribution is -2.53. The molecule has 108 valence electrons. The van der Waals surface area contributed by atoms with Crippen molar-refractivity contribution in [3.63, 3.8) is 0 Å². The Kier molecular flexibility index (Phi) is 3.50. The quantitative estimate of drug-likeness (QED) is 0.900. The highest BCUT2D eigenvalue weighted by molar-refractivity contribution is 5.89. The smallest absolute Gasteiger partial charge is 0.233 e. The molecule has 2 fully saturated rings. The van der Waals surface area contributed by atoms with Crippen molar-refractivity contribution in [3.05, 3.63) is 35.6 Å². The van der Waals surface area contributed by atoms with E-state index in [9.17, 15) is 14.3 Å². The Morgan fingerprint density at radius 2 is 1.80 bits per heavy atom. The normalized spacial score (nSPS) is 22.4. The zero-order valence-corrected chi connectivity index (χ0v) is 11.5. The minimum Gasteiger partial charge on any atom is -0.393 e. The van der Waals surface area contributed by atoms with Crippen molar-refractivity contribution in [2.75, 3.05) is 13.1 Å². The van der Waals surface area contributed by atoms with Gasteiger partial charge in [0.1, 0.15) is 5.82 Å². The molecule has 1 aliphatic carbocycles. The van der Waals surface area contributed by atoms with Crippen LogP contribution in [-0.4, -0.2) is 35.1 Å². The summed E-state index contributed by atoms with van der Waals surface area (Å²) in [6, 6.07) is 6.35. The van der Waals surface area contributed by atoms with E-state index in [2.05, 4.69) is 0 Å². The first-order chi connectivity index (χ1) is 9.62. The largest absolute Gasteiger partial charge is 0.393 e. The number of hydrogen-bond donors (Lipinski definition) is 1. The zero-order valence-electron chi connectivity index (χ0n) is 11.5. The molecule has 1 N–H and O–H groups in total. The van der Waals surface area contributed by atoms with E-state index in [1.807, 2.05) is 4.90 Å². The van der Waals surface area contributed by atoms with Gasteiger partial charge in [-0.2, -0.15) is 0 Å². The number of piperidine rings is 1. The zero-order chi connectivity index (χ0) is 14.2. The van der Waals surface area contributed by atoms with Crippen molar-refractivity contribution in [2.24, 2.45) is 0 Å². The van der Waals surface area contributed by atoms with Crippen LogP contribution in [0, 0.1) is 5.82 Å². The van der Waals surface area contributed by atoms with Crippen LogP contribution in [-0.2, 0) is 10.2 Å². The number of carbonyl (C=O) groups is 1. The molecule has 1 saturated carbocycles. The summed E-state index contributed by atoms with van der Waals surface area (Å²) in [4.78, 5) is 14.7. The van der Waals surface area contributed by atoms with Crippen molar-refractivity contribution in [2.45, 2.75) is 43.6 Å². The lowest BCUT2D eigenvalue weighted by atomic mass is 9.63. The summed E-state index contributed by atoms with van der Waals surface area (Å²) < 4.78 is 13.1. The second kappa shape index (κ2) is 5.17. The molecule has 1 aliphatic heterocycles. The first-order valence-corrected chi connectivity index (χ1v) is 7.35. The minimum atomic E-state index is -0.448. The van der Waals surface area contributed by atoms with Gasteiger partial charge in [0.25, 0.3) is 0 Å². The van der Waals surface area contributed by atoms with Crippen LogP contribution in [0.2, 0.25) is 0 Å². The Morgan fingerprint density at radius 1 is 1.20 bits per heavy atom. The van der Waals surface area contributed by atoms with Crippen LogP contribution in [0.15, 0.2) is 24.3 Å². The van der Waals surface area contributed by atoms with Gasteiger partial charge in [-0.15, -0.1) is 0 Å². The van der Waals surface area contributed by atoms with Gasteiger partial charge >= 0.3 is 0 Å². The highest BCUT2D eigenvalue weighted by Crippen LogP contribution is 2.45. The van der Waals surface area contributed by atoms with Gasteiger partial charge in [-0.25, -0.2) is 4.39 Å². The molecule has 1 aromatic carbocycles. The molecule has 0 spiro atoms. The highest BCUT2D eigenvalue weighted by Gasteiger charge is 2.47. The van der Waals surface area contributed by atoms with Gasteiger partial charge in [0.15, 0.2) is 0 Å². The first-order valence-electron chi connectivity index (χ1n) is 7.35. The predicted octanol–water partition coefficient (Wildman–Crippen LogP) is 2.23. The SMILES string of the molecule is O=C(N1CCC(O)CC1)C1(c2ccc(F)cc2)CCC1. The number of carbonyl (C=O) groups excluding carboxylic acids is 1. The van der Waals surface area contributed by atoms with Gasteiger partial charge in [-0.3, -0.25) is 4.79 Å². The molecule has 1 amide bonds. The molecular formula is C16H20FNO2. The molecule has 1 heterocycles. The van der Waals surface area contributed by atoms with Gasteiger partial charge in [0.05, 0.1) is 11.5 Å². The maximum atomic E-state index is 13.1. The molecule has 2 aliphatic rings. The van der Waals surface area contributed by atoms with Crippen molar-refractivity contribution < 1.29 is 14.3 Å². The topological polar surface area (TPSA) is 40.5 Å². The summed E-state index contributed by atoms with van der Waals surface area (Å²) in [6.45, 7) is 1.26. The minimum absolute atomic E-state index is 0.155. The lowest BCUT2D eigenvalue weighted by Gasteiger charge is -2.45. The molecule has 4 heteroatoms. The number of likely N-dealkylation sites (tertiary alicyclic amines) is 1. The van der Waals surface area contributed by atoms with E-state index in [0.29, 0.717) is 25.9 Å². The average Bonchev–Trinajstić information content (AvgIpc) is 2.40. The standard InChI is InChI=1S/C16H20FNO2/c17-13-4-2-12(3-5-13)16(8-1-9-16)15(20)18-10-6-14(19)7-11-18/h2-5,14,19H,1,6-11H2. The molecule has 20 heavy (non-hydrogen) atoms. The molecular weight excluding hydrogens is 257 g/mol. The number of hydrogen-bond acceptors (Lipinski definition) is 2. The Bertz CT molecular complexity index is 488. The van der Waals surface area contributed by atoms with Gasteiger partial charge in [-0.1, -0.05) is 18.6 Å². The lowest BCUT2D eigenvalue weighted by molar-refractivity contribution is -0.143. The van der Waals surface area contributed by atoms with E-state index in [1.54, 1.807) is 12.1 Å². The van der Waals surface area contributed by atoms with Crippen LogP contribution < -0.4 is 0 Å². The summed E-state index contributed by atoms with van der Waals surface area (Å²) in [6.07, 6.45) is 3.77. The number of benzene rings is 1. The van der Waals surface area contributed by atoms with Crippen LogP contribution in [0.4, 0.5) is 4.39 Å². The van der Waals surface area contributed by atoms with Crippen LogP contribution in [0.1, 0.15) is 37.7 Å². The maximum Gasteiger partial charge on any atom is 0.233 e. The summed E-state index contributed by atoms with van der Waals surface area (Å²) in [5, 5.41) is 9.55. The van der Waals surface area contributed by atoms with Crippen molar-refractivity contribution in [1.82, 2.24) is 4.90 Å². The molecule has 0 unspecified atom stereocenters. The fourth-order valence-electron chi connectivity index (χ4n) is 3.30. The predicted molar refractivity (Wildman–Crippen MR) is 73.7 cm³/mol. The number of nitrogens with zero attached hydrogens (tertiary/aromatic N) is 1. The molecule has 0 aromatic heterocycles. The fourth-order valence-corrected chi connectivity index (χ4v) is 3.30. The van der Waals surface area contributed by atoms with Crippen LogP contribution in [0.5, 0.6) is 0 Å². The van der Waals surface area contributed by atoms with Gasteiger partial charge in [0, 0.05) is 13.1 Å². The number of amides is 1. The summed E-state index contributed by atoms with van der Waals surface area (Å²) >= 11 is 0. The van der Waals surface area contributed by atoms with Crippen LogP contribution in [0.3, 0.4) is 0 Å². The summed E-state index contributed by atoms with van der Waals surface area (Å²) in [5.41, 5.74) is 0.483. The van der Waals surface area contributed by atoms with Crippen molar-refractivity contribution in [3.8, 4) is 0 Å². The van der Waals surface area contributed by atoms with Gasteiger partial charge < -0.3 is 10.0 Å². The number of rotatable bonds is 2. The molecule has 3 rings (SSSR count). The monoisotopic (exact) mass is 277 g/mol. The van der Waals surface area contributed by atoms with Crippen LogP contribution >= 0.6 is 0 Å². The number of halogens is 1. The molecule has 0 bridgehead atoms. The van der Waals surface area contributed by atoms with Crippen LogP contribution in [0.25, 0.3) is 0 Å².